The minimum Gasteiger partial charge on any atom is -0.496 e. The summed E-state index contributed by atoms with van der Waals surface area (Å²) >= 11 is 3.49. The smallest absolute Gasteiger partial charge is 0.134 e. The highest BCUT2D eigenvalue weighted by Gasteiger charge is 2.13. The van der Waals surface area contributed by atoms with E-state index in [4.69, 9.17) is 14.9 Å². The third kappa shape index (κ3) is 2.96. The summed E-state index contributed by atoms with van der Waals surface area (Å²) in [4.78, 5) is 0. The van der Waals surface area contributed by atoms with Crippen LogP contribution in [0.5, 0.6) is 5.75 Å². The molecule has 0 saturated heterocycles. The molecule has 1 atom stereocenters. The van der Waals surface area contributed by atoms with Gasteiger partial charge in [-0.3, -0.25) is 0 Å². The maximum absolute atomic E-state index is 6.27. The van der Waals surface area contributed by atoms with Crippen molar-refractivity contribution in [2.75, 3.05) is 7.11 Å². The van der Waals surface area contributed by atoms with E-state index < -0.39 is 0 Å². The summed E-state index contributed by atoms with van der Waals surface area (Å²) in [5, 5.41) is 1.08. The molecule has 0 bridgehead atoms. The van der Waals surface area contributed by atoms with Gasteiger partial charge in [-0.05, 0) is 52.2 Å². The van der Waals surface area contributed by atoms with E-state index in [2.05, 4.69) is 15.9 Å². The first-order valence-corrected chi connectivity index (χ1v) is 7.53. The number of fused-ring (bicyclic) bond motifs is 1. The summed E-state index contributed by atoms with van der Waals surface area (Å²) in [5.41, 5.74) is 8.28. The van der Waals surface area contributed by atoms with E-state index in [1.807, 2.05) is 48.5 Å². The van der Waals surface area contributed by atoms with Crippen molar-refractivity contribution in [2.45, 2.75) is 12.5 Å². The van der Waals surface area contributed by atoms with Crippen LogP contribution in [-0.4, -0.2) is 7.11 Å². The maximum atomic E-state index is 6.27. The Morgan fingerprint density at radius 2 is 2.00 bits per heavy atom. The lowest BCUT2D eigenvalue weighted by molar-refractivity contribution is 0.412. The molecule has 0 saturated carbocycles. The van der Waals surface area contributed by atoms with Gasteiger partial charge in [-0.2, -0.15) is 0 Å². The van der Waals surface area contributed by atoms with Gasteiger partial charge in [0.1, 0.15) is 17.1 Å². The van der Waals surface area contributed by atoms with Crippen LogP contribution >= 0.6 is 15.9 Å². The fraction of sp³-hybridized carbons (Fsp3) is 0.176. The number of nitrogens with two attached hydrogens (primary N) is 1. The van der Waals surface area contributed by atoms with Crippen LogP contribution in [0, 0.1) is 0 Å². The third-order valence-corrected chi connectivity index (χ3v) is 4.10. The lowest BCUT2D eigenvalue weighted by atomic mass is 10.0. The van der Waals surface area contributed by atoms with Crippen molar-refractivity contribution in [3.05, 3.63) is 64.3 Å². The van der Waals surface area contributed by atoms with Crippen molar-refractivity contribution < 1.29 is 9.15 Å². The van der Waals surface area contributed by atoms with E-state index in [9.17, 15) is 0 Å². The first-order chi connectivity index (χ1) is 10.2. The lowest BCUT2D eigenvalue weighted by Crippen LogP contribution is -2.12. The van der Waals surface area contributed by atoms with Crippen LogP contribution in [0.1, 0.15) is 17.4 Å². The molecule has 3 aromatic rings. The summed E-state index contributed by atoms with van der Waals surface area (Å²) < 4.78 is 12.0. The van der Waals surface area contributed by atoms with Crippen molar-refractivity contribution in [2.24, 2.45) is 5.73 Å². The van der Waals surface area contributed by atoms with Gasteiger partial charge in [0.25, 0.3) is 0 Å². The molecule has 0 spiro atoms. The van der Waals surface area contributed by atoms with E-state index >= 15 is 0 Å². The summed E-state index contributed by atoms with van der Waals surface area (Å²) in [6.45, 7) is 0. The summed E-state index contributed by atoms with van der Waals surface area (Å²) in [6, 6.07) is 15.8. The predicted octanol–water partition coefficient (Wildman–Crippen LogP) is 4.45. The Balaban J connectivity index is 1.82. The predicted molar refractivity (Wildman–Crippen MR) is 87.5 cm³/mol. The van der Waals surface area contributed by atoms with Gasteiger partial charge in [-0.25, -0.2) is 0 Å². The van der Waals surface area contributed by atoms with Gasteiger partial charge in [0.15, 0.2) is 0 Å². The van der Waals surface area contributed by atoms with Gasteiger partial charge in [0.05, 0.1) is 17.6 Å². The molecule has 2 N–H and O–H groups in total. The summed E-state index contributed by atoms with van der Waals surface area (Å²) in [6.07, 6.45) is 0.711. The van der Waals surface area contributed by atoms with Gasteiger partial charge in [-0.1, -0.05) is 24.3 Å². The highest BCUT2D eigenvalue weighted by atomic mass is 79.9. The lowest BCUT2D eigenvalue weighted by Gasteiger charge is -2.10. The second-order valence-corrected chi connectivity index (χ2v) is 5.82. The maximum Gasteiger partial charge on any atom is 0.134 e. The largest absolute Gasteiger partial charge is 0.496 e. The van der Waals surface area contributed by atoms with Crippen molar-refractivity contribution >= 4 is 26.9 Å². The zero-order valence-electron chi connectivity index (χ0n) is 11.7. The summed E-state index contributed by atoms with van der Waals surface area (Å²) in [5.74, 6) is 1.62. The Bertz CT molecular complexity index is 733. The van der Waals surface area contributed by atoms with E-state index in [1.165, 1.54) is 0 Å². The minimum atomic E-state index is -0.169. The fourth-order valence-corrected chi connectivity index (χ4v) is 2.96. The average Bonchev–Trinajstić information content (AvgIpc) is 2.91. The summed E-state index contributed by atoms with van der Waals surface area (Å²) in [7, 11) is 1.65. The standard InChI is InChI=1S/C17H16BrNO2/c1-20-16-7-6-11(8-13(16)18)9-14(19)17-10-12-4-2-3-5-15(12)21-17/h2-8,10,14H,9,19H2,1H3. The number of furan rings is 1. The number of hydrogen-bond donors (Lipinski definition) is 1. The van der Waals surface area contributed by atoms with Crippen LogP contribution in [0.4, 0.5) is 0 Å². The third-order valence-electron chi connectivity index (χ3n) is 3.48. The topological polar surface area (TPSA) is 48.4 Å². The fourth-order valence-electron chi connectivity index (χ4n) is 2.38. The second-order valence-electron chi connectivity index (χ2n) is 4.97. The zero-order chi connectivity index (χ0) is 14.8. The molecule has 0 radical (unpaired) electrons. The number of halogens is 1. The molecule has 0 aliphatic heterocycles. The Labute approximate surface area is 131 Å². The number of rotatable bonds is 4. The molecule has 0 amide bonds. The number of hydrogen-bond acceptors (Lipinski definition) is 3. The van der Waals surface area contributed by atoms with Crippen LogP contribution in [0.3, 0.4) is 0 Å². The van der Waals surface area contributed by atoms with Crippen LogP contribution < -0.4 is 10.5 Å². The van der Waals surface area contributed by atoms with Crippen LogP contribution in [0.25, 0.3) is 11.0 Å². The van der Waals surface area contributed by atoms with E-state index in [0.717, 1.165) is 32.5 Å². The van der Waals surface area contributed by atoms with Crippen LogP contribution in [0.2, 0.25) is 0 Å². The van der Waals surface area contributed by atoms with E-state index in [-0.39, 0.29) is 6.04 Å². The normalized spacial score (nSPS) is 12.5. The van der Waals surface area contributed by atoms with Gasteiger partial charge < -0.3 is 14.9 Å². The molecule has 4 heteroatoms. The molecule has 3 nitrogen and oxygen atoms in total. The van der Waals surface area contributed by atoms with Crippen molar-refractivity contribution in [1.29, 1.82) is 0 Å². The van der Waals surface area contributed by atoms with Crippen LogP contribution in [-0.2, 0) is 6.42 Å². The van der Waals surface area contributed by atoms with Gasteiger partial charge in [0.2, 0.25) is 0 Å². The molecule has 1 aromatic heterocycles. The first-order valence-electron chi connectivity index (χ1n) is 6.74. The van der Waals surface area contributed by atoms with Crippen molar-refractivity contribution in [1.82, 2.24) is 0 Å². The van der Waals surface area contributed by atoms with Crippen LogP contribution in [0.15, 0.2) is 57.4 Å². The quantitative estimate of drug-likeness (QED) is 0.759. The highest BCUT2D eigenvalue weighted by Crippen LogP contribution is 2.29. The molecule has 3 rings (SSSR count). The molecular formula is C17H16BrNO2. The first kappa shape index (κ1) is 14.2. The molecule has 1 heterocycles. The number of para-hydroxylation sites is 1. The van der Waals surface area contributed by atoms with E-state index in [0.29, 0.717) is 6.42 Å². The molecule has 0 fully saturated rings. The van der Waals surface area contributed by atoms with E-state index in [1.54, 1.807) is 7.11 Å². The molecule has 108 valence electrons. The Morgan fingerprint density at radius 3 is 2.71 bits per heavy atom. The van der Waals surface area contributed by atoms with Crippen molar-refractivity contribution in [3.63, 3.8) is 0 Å². The number of benzene rings is 2. The zero-order valence-corrected chi connectivity index (χ0v) is 13.3. The number of methoxy groups -OCH3 is 1. The highest BCUT2D eigenvalue weighted by molar-refractivity contribution is 9.10. The monoisotopic (exact) mass is 345 g/mol. The molecule has 21 heavy (non-hydrogen) atoms. The molecule has 2 aromatic carbocycles. The average molecular weight is 346 g/mol. The molecular weight excluding hydrogens is 330 g/mol. The number of ether oxygens (including phenoxy) is 1. The Hall–Kier alpha value is -1.78. The van der Waals surface area contributed by atoms with Gasteiger partial charge >= 0.3 is 0 Å². The van der Waals surface area contributed by atoms with Gasteiger partial charge in [-0.15, -0.1) is 0 Å². The van der Waals surface area contributed by atoms with Gasteiger partial charge in [0, 0.05) is 5.39 Å². The Kier molecular flexibility index (Phi) is 3.99. The SMILES string of the molecule is COc1ccc(CC(N)c2cc3ccccc3o2)cc1Br. The minimum absolute atomic E-state index is 0.169. The second kappa shape index (κ2) is 5.92. The Morgan fingerprint density at radius 1 is 1.19 bits per heavy atom. The molecule has 1 unspecified atom stereocenters. The molecule has 0 aliphatic rings. The van der Waals surface area contributed by atoms with Crippen molar-refractivity contribution in [3.8, 4) is 5.75 Å². The molecule has 0 aliphatic carbocycles.